The first kappa shape index (κ1) is 16.7. The minimum Gasteiger partial charge on any atom is -0.406 e. The Morgan fingerprint density at radius 3 is 2.33 bits per heavy atom. The highest BCUT2D eigenvalue weighted by molar-refractivity contribution is 7.16. The summed E-state index contributed by atoms with van der Waals surface area (Å²) in [6, 6.07) is 0.657. The first-order valence-electron chi connectivity index (χ1n) is 7.24. The lowest BCUT2D eigenvalue weighted by molar-refractivity contribution is 0.219. The van der Waals surface area contributed by atoms with Crippen LogP contribution >= 0.6 is 11.1 Å². The van der Waals surface area contributed by atoms with Crippen molar-refractivity contribution in [3.8, 4) is 0 Å². The predicted octanol–water partition coefficient (Wildman–Crippen LogP) is 4.41. The third-order valence-electron chi connectivity index (χ3n) is 4.38. The van der Waals surface area contributed by atoms with Crippen molar-refractivity contribution in [2.75, 3.05) is 13.7 Å². The van der Waals surface area contributed by atoms with E-state index < -0.39 is 15.9 Å². The average molecular weight is 308 g/mol. The summed E-state index contributed by atoms with van der Waals surface area (Å²) in [6.07, 6.45) is 5.16. The van der Waals surface area contributed by atoms with Gasteiger partial charge in [-0.15, -0.1) is 11.1 Å². The van der Waals surface area contributed by atoms with Gasteiger partial charge in [0.1, 0.15) is 8.24 Å². The second-order valence-corrected chi connectivity index (χ2v) is 16.9. The van der Waals surface area contributed by atoms with Crippen molar-refractivity contribution in [1.82, 2.24) is 4.57 Å². The van der Waals surface area contributed by atoms with Gasteiger partial charge < -0.3 is 8.99 Å². The maximum atomic E-state index is 6.74. The summed E-state index contributed by atoms with van der Waals surface area (Å²) in [7, 11) is -1.52. The first-order valence-corrected chi connectivity index (χ1v) is 14.2. The second-order valence-electron chi connectivity index (χ2n) is 6.63. The fraction of sp³-hybridized carbons (Fsp3) is 1.00. The topological polar surface area (TPSA) is 12.5 Å². The van der Waals surface area contributed by atoms with Gasteiger partial charge in [0.15, 0.2) is 0 Å². The van der Waals surface area contributed by atoms with Gasteiger partial charge in [0.2, 0.25) is 0 Å². The Hall–Kier alpha value is 0.644. The van der Waals surface area contributed by atoms with Crippen LogP contribution < -0.4 is 0 Å². The van der Waals surface area contributed by atoms with E-state index in [0.717, 1.165) is 6.42 Å². The van der Waals surface area contributed by atoms with Crippen LogP contribution in [-0.2, 0) is 4.43 Å². The lowest BCUT2D eigenvalue weighted by Gasteiger charge is -2.49. The molecule has 1 aliphatic heterocycles. The van der Waals surface area contributed by atoms with Crippen molar-refractivity contribution in [2.45, 2.75) is 70.4 Å². The summed E-state index contributed by atoms with van der Waals surface area (Å²) in [4.78, 5) is 0. The van der Waals surface area contributed by atoms with Gasteiger partial charge in [0.05, 0.1) is 0 Å². The Labute approximate surface area is 120 Å². The smallest absolute Gasteiger partial charge is 0.291 e. The van der Waals surface area contributed by atoms with Crippen LogP contribution in [0.15, 0.2) is 0 Å². The molecular weight excluding hydrogens is 278 g/mol. The zero-order valence-electron chi connectivity index (χ0n) is 12.9. The molecule has 1 aliphatic rings. The molecule has 0 N–H and O–H groups in total. The molecule has 0 spiro atoms. The van der Waals surface area contributed by atoms with Gasteiger partial charge in [-0.2, -0.15) is 0 Å². The van der Waals surface area contributed by atoms with E-state index in [1.165, 1.54) is 25.8 Å². The van der Waals surface area contributed by atoms with Crippen LogP contribution in [-0.4, -0.2) is 40.1 Å². The summed E-state index contributed by atoms with van der Waals surface area (Å²) < 4.78 is 8.50. The average Bonchev–Trinajstić information content (AvgIpc) is 2.29. The van der Waals surface area contributed by atoms with E-state index >= 15 is 0 Å². The molecule has 0 amide bonds. The number of rotatable bonds is 5. The molecule has 1 rings (SSSR count). The molecule has 1 saturated heterocycles. The van der Waals surface area contributed by atoms with Gasteiger partial charge in [-0.3, -0.25) is 0 Å². The molecule has 0 aromatic heterocycles. The van der Waals surface area contributed by atoms with Crippen LogP contribution in [0.5, 0.6) is 0 Å². The quantitative estimate of drug-likeness (QED) is 0.551. The molecule has 3 atom stereocenters. The Bertz CT molecular complexity index is 268. The molecule has 108 valence electrons. The SMILES string of the molecule is CCC(C1CCCCN1[Si](C)(C)C)[Si](C)(Cl)OC. The lowest BCUT2D eigenvalue weighted by Crippen LogP contribution is -2.58. The van der Waals surface area contributed by atoms with E-state index in [0.29, 0.717) is 11.6 Å². The van der Waals surface area contributed by atoms with E-state index in [4.69, 9.17) is 15.5 Å². The third kappa shape index (κ3) is 3.82. The summed E-state index contributed by atoms with van der Waals surface area (Å²) >= 11 is 6.74. The maximum absolute atomic E-state index is 6.74. The van der Waals surface area contributed by atoms with Gasteiger partial charge in [0, 0.05) is 18.7 Å². The molecule has 1 heterocycles. The minimum atomic E-state index is -2.06. The number of nitrogens with zero attached hydrogens (tertiary/aromatic N) is 1. The zero-order valence-corrected chi connectivity index (χ0v) is 15.7. The van der Waals surface area contributed by atoms with Crippen molar-refractivity contribution < 1.29 is 4.43 Å². The van der Waals surface area contributed by atoms with E-state index in [2.05, 4.69) is 37.7 Å². The van der Waals surface area contributed by atoms with Crippen molar-refractivity contribution >= 4 is 26.9 Å². The van der Waals surface area contributed by atoms with E-state index in [9.17, 15) is 0 Å². The minimum absolute atomic E-state index is 0.552. The summed E-state index contributed by atoms with van der Waals surface area (Å²) in [6.45, 7) is 13.1. The molecule has 0 saturated carbocycles. The first-order chi connectivity index (χ1) is 8.24. The molecule has 0 aromatic rings. The van der Waals surface area contributed by atoms with Crippen molar-refractivity contribution in [2.24, 2.45) is 0 Å². The van der Waals surface area contributed by atoms with Crippen molar-refractivity contribution in [1.29, 1.82) is 0 Å². The van der Waals surface area contributed by atoms with Gasteiger partial charge in [-0.05, 0) is 25.9 Å². The number of hydrogen-bond donors (Lipinski definition) is 0. The molecular formula is C13H30ClNOSi2. The second kappa shape index (κ2) is 6.40. The molecule has 0 aromatic carbocycles. The molecule has 3 unspecified atom stereocenters. The summed E-state index contributed by atoms with van der Waals surface area (Å²) in [5, 5.41) is 0. The van der Waals surface area contributed by atoms with Crippen LogP contribution in [0, 0.1) is 0 Å². The summed E-state index contributed by atoms with van der Waals surface area (Å²) in [5.41, 5.74) is 0.552. The van der Waals surface area contributed by atoms with E-state index in [1.54, 1.807) is 7.11 Å². The highest BCUT2D eigenvalue weighted by Gasteiger charge is 2.45. The van der Waals surface area contributed by atoms with Gasteiger partial charge in [-0.1, -0.05) is 39.4 Å². The van der Waals surface area contributed by atoms with Gasteiger partial charge >= 0.3 is 0 Å². The standard InChI is InChI=1S/C13H30ClNOSi2/c1-7-13(18(6,14)16-2)12-10-8-9-11-15(12)17(3,4)5/h12-13H,7-11H2,1-6H3. The normalized spacial score (nSPS) is 27.8. The van der Waals surface area contributed by atoms with Crippen LogP contribution in [0.25, 0.3) is 0 Å². The van der Waals surface area contributed by atoms with Crippen LogP contribution in [0.4, 0.5) is 0 Å². The monoisotopic (exact) mass is 307 g/mol. The molecule has 2 nitrogen and oxygen atoms in total. The molecule has 5 heteroatoms. The Morgan fingerprint density at radius 2 is 1.89 bits per heavy atom. The van der Waals surface area contributed by atoms with E-state index in [-0.39, 0.29) is 0 Å². The van der Waals surface area contributed by atoms with Crippen LogP contribution in [0.3, 0.4) is 0 Å². The molecule has 18 heavy (non-hydrogen) atoms. The van der Waals surface area contributed by atoms with Gasteiger partial charge in [-0.25, -0.2) is 0 Å². The Balaban J connectivity index is 2.94. The Kier molecular flexibility index (Phi) is 5.93. The van der Waals surface area contributed by atoms with Crippen molar-refractivity contribution in [3.05, 3.63) is 0 Å². The molecule has 0 bridgehead atoms. The number of hydrogen-bond acceptors (Lipinski definition) is 2. The van der Waals surface area contributed by atoms with E-state index in [1.807, 2.05) is 0 Å². The molecule has 1 fully saturated rings. The number of halogens is 1. The molecule has 0 aliphatic carbocycles. The predicted molar refractivity (Wildman–Crippen MR) is 86.2 cm³/mol. The Morgan fingerprint density at radius 1 is 1.28 bits per heavy atom. The largest absolute Gasteiger partial charge is 0.406 e. The zero-order chi connectivity index (χ0) is 14.0. The van der Waals surface area contributed by atoms with Gasteiger partial charge in [0.25, 0.3) is 7.63 Å². The lowest BCUT2D eigenvalue weighted by atomic mass is 10.0. The fourth-order valence-electron chi connectivity index (χ4n) is 3.34. The third-order valence-corrected chi connectivity index (χ3v) is 10.9. The molecule has 0 radical (unpaired) electrons. The maximum Gasteiger partial charge on any atom is 0.291 e. The highest BCUT2D eigenvalue weighted by Crippen LogP contribution is 2.40. The fourth-order valence-corrected chi connectivity index (χ4v) is 8.59. The van der Waals surface area contributed by atoms with Crippen LogP contribution in [0.2, 0.25) is 31.7 Å². The van der Waals surface area contributed by atoms with Crippen molar-refractivity contribution in [3.63, 3.8) is 0 Å². The van der Waals surface area contributed by atoms with Crippen LogP contribution in [0.1, 0.15) is 32.6 Å². The number of piperidine rings is 1. The highest BCUT2D eigenvalue weighted by atomic mass is 35.6. The summed E-state index contributed by atoms with van der Waals surface area (Å²) in [5.74, 6) is 0.